The maximum Gasteiger partial charge on any atom is 0.235 e. The van der Waals surface area contributed by atoms with E-state index in [1.165, 1.54) is 10.7 Å². The monoisotopic (exact) mass is 427 g/mol. The van der Waals surface area contributed by atoms with Crippen LogP contribution in [-0.2, 0) is 14.8 Å². The summed E-state index contributed by atoms with van der Waals surface area (Å²) in [5, 5.41) is 3.03. The highest BCUT2D eigenvalue weighted by molar-refractivity contribution is 7.93. The number of nitrogens with zero attached hydrogens (tertiary/aromatic N) is 1. The normalized spacial score (nSPS) is 31.1. The zero-order valence-corrected chi connectivity index (χ0v) is 17.9. The minimum absolute atomic E-state index is 0. The number of hydrogen-bond donors (Lipinski definition) is 2. The number of nitrogens with two attached hydrogens (primary N) is 1. The van der Waals surface area contributed by atoms with Crippen LogP contribution in [0.1, 0.15) is 44.1 Å². The fourth-order valence-electron chi connectivity index (χ4n) is 5.11. The van der Waals surface area contributed by atoms with E-state index in [-0.39, 0.29) is 36.0 Å². The number of aryl methyl sites for hydroxylation is 1. The van der Waals surface area contributed by atoms with Crippen molar-refractivity contribution in [3.05, 3.63) is 23.8 Å². The Morgan fingerprint density at radius 1 is 1.18 bits per heavy atom. The predicted octanol–water partition coefficient (Wildman–Crippen LogP) is 3.05. The van der Waals surface area contributed by atoms with Crippen LogP contribution < -0.4 is 15.4 Å². The minimum Gasteiger partial charge on any atom is -0.327 e. The van der Waals surface area contributed by atoms with Gasteiger partial charge >= 0.3 is 0 Å². The van der Waals surface area contributed by atoms with E-state index < -0.39 is 10.0 Å². The molecule has 28 heavy (non-hydrogen) atoms. The first-order valence-electron chi connectivity index (χ1n) is 10.0. The zero-order chi connectivity index (χ0) is 19.2. The van der Waals surface area contributed by atoms with Gasteiger partial charge in [-0.3, -0.25) is 9.10 Å². The van der Waals surface area contributed by atoms with Crippen molar-refractivity contribution < 1.29 is 13.2 Å². The first-order chi connectivity index (χ1) is 12.8. The third-order valence-corrected chi connectivity index (χ3v) is 8.48. The molecule has 2 aliphatic carbocycles. The number of fused-ring (bicyclic) bond motifs is 2. The Hall–Kier alpha value is -1.31. The van der Waals surface area contributed by atoms with E-state index in [2.05, 4.69) is 5.32 Å². The van der Waals surface area contributed by atoms with Gasteiger partial charge in [-0.1, -0.05) is 12.5 Å². The zero-order valence-electron chi connectivity index (χ0n) is 16.3. The third kappa shape index (κ3) is 4.02. The molecule has 2 atom stereocenters. The fourth-order valence-corrected chi connectivity index (χ4v) is 6.73. The van der Waals surface area contributed by atoms with Gasteiger partial charge in [-0.25, -0.2) is 8.42 Å². The van der Waals surface area contributed by atoms with E-state index in [1.807, 2.05) is 19.1 Å². The van der Waals surface area contributed by atoms with Gasteiger partial charge in [0.1, 0.15) is 0 Å². The van der Waals surface area contributed by atoms with Crippen molar-refractivity contribution in [2.45, 2.75) is 51.5 Å². The van der Waals surface area contributed by atoms with E-state index >= 15 is 0 Å². The molecule has 3 fully saturated rings. The van der Waals surface area contributed by atoms with Crippen molar-refractivity contribution >= 4 is 39.7 Å². The molecule has 6 nitrogen and oxygen atoms in total. The van der Waals surface area contributed by atoms with Crippen molar-refractivity contribution in [1.82, 2.24) is 0 Å². The number of carbonyl (C=O) groups is 1. The molecule has 3 N–H and O–H groups in total. The lowest BCUT2D eigenvalue weighted by molar-refractivity contribution is -0.122. The van der Waals surface area contributed by atoms with E-state index in [0.717, 1.165) is 31.2 Å². The molecule has 156 valence electrons. The quantitative estimate of drug-likeness (QED) is 0.775. The average molecular weight is 428 g/mol. The van der Waals surface area contributed by atoms with Crippen LogP contribution >= 0.6 is 12.4 Å². The number of carbonyl (C=O) groups excluding carboxylic acids is 1. The molecule has 1 aliphatic heterocycles. The van der Waals surface area contributed by atoms with E-state index in [0.29, 0.717) is 36.2 Å². The predicted molar refractivity (Wildman–Crippen MR) is 114 cm³/mol. The average Bonchev–Trinajstić information content (AvgIpc) is 2.95. The highest BCUT2D eigenvalue weighted by Gasteiger charge is 2.40. The summed E-state index contributed by atoms with van der Waals surface area (Å²) < 4.78 is 26.0. The van der Waals surface area contributed by atoms with Gasteiger partial charge in [0.05, 0.1) is 11.4 Å². The SMILES string of the molecule is Cc1ccc(NC(=O)C2CC3CCCC(C2)C3N)cc1N1CCCS1(=O)=O.Cl. The second-order valence-electron chi connectivity index (χ2n) is 8.43. The Morgan fingerprint density at radius 3 is 2.46 bits per heavy atom. The van der Waals surface area contributed by atoms with Gasteiger partial charge < -0.3 is 11.1 Å². The maximum atomic E-state index is 12.9. The van der Waals surface area contributed by atoms with Crippen molar-refractivity contribution in [1.29, 1.82) is 0 Å². The Bertz CT molecular complexity index is 831. The lowest BCUT2D eigenvalue weighted by Crippen LogP contribution is -2.48. The molecule has 4 rings (SSSR count). The summed E-state index contributed by atoms with van der Waals surface area (Å²) >= 11 is 0. The summed E-state index contributed by atoms with van der Waals surface area (Å²) in [5.74, 6) is 1.14. The summed E-state index contributed by atoms with van der Waals surface area (Å²) in [5.41, 5.74) is 8.58. The molecule has 1 aromatic carbocycles. The van der Waals surface area contributed by atoms with Crippen LogP contribution in [-0.4, -0.2) is 32.7 Å². The number of benzene rings is 1. The number of hydrogen-bond acceptors (Lipinski definition) is 4. The van der Waals surface area contributed by atoms with Crippen molar-refractivity contribution in [3.8, 4) is 0 Å². The molecule has 1 saturated heterocycles. The lowest BCUT2D eigenvalue weighted by Gasteiger charge is -2.43. The molecule has 2 unspecified atom stereocenters. The molecule has 2 bridgehead atoms. The Labute approximate surface area is 173 Å². The summed E-state index contributed by atoms with van der Waals surface area (Å²) in [6, 6.07) is 5.78. The molecule has 8 heteroatoms. The third-order valence-electron chi connectivity index (χ3n) is 6.63. The highest BCUT2D eigenvalue weighted by Crippen LogP contribution is 2.42. The van der Waals surface area contributed by atoms with Crippen molar-refractivity contribution in [3.63, 3.8) is 0 Å². The van der Waals surface area contributed by atoms with Gasteiger partial charge in [0, 0.05) is 24.2 Å². The largest absolute Gasteiger partial charge is 0.327 e. The number of anilines is 2. The molecule has 1 amide bonds. The second kappa shape index (κ2) is 8.20. The van der Waals surface area contributed by atoms with E-state index in [4.69, 9.17) is 5.73 Å². The van der Waals surface area contributed by atoms with Crippen LogP contribution in [0.15, 0.2) is 18.2 Å². The van der Waals surface area contributed by atoms with E-state index in [9.17, 15) is 13.2 Å². The number of amides is 1. The molecule has 2 saturated carbocycles. The number of nitrogens with one attached hydrogen (secondary N) is 1. The summed E-state index contributed by atoms with van der Waals surface area (Å²) in [6.45, 7) is 2.41. The molecule has 3 aliphatic rings. The molecule has 0 aromatic heterocycles. The summed E-state index contributed by atoms with van der Waals surface area (Å²) in [7, 11) is -3.24. The fraction of sp³-hybridized carbons (Fsp3) is 0.650. The number of rotatable bonds is 3. The van der Waals surface area contributed by atoms with Crippen LogP contribution in [0.2, 0.25) is 0 Å². The minimum atomic E-state index is -3.24. The van der Waals surface area contributed by atoms with Gasteiger partial charge in [-0.2, -0.15) is 0 Å². The topological polar surface area (TPSA) is 92.5 Å². The smallest absolute Gasteiger partial charge is 0.235 e. The van der Waals surface area contributed by atoms with Crippen LogP contribution in [0.3, 0.4) is 0 Å². The first-order valence-corrected chi connectivity index (χ1v) is 11.6. The second-order valence-corrected chi connectivity index (χ2v) is 10.4. The van der Waals surface area contributed by atoms with E-state index in [1.54, 1.807) is 6.07 Å². The van der Waals surface area contributed by atoms with Gasteiger partial charge in [0.2, 0.25) is 15.9 Å². The van der Waals surface area contributed by atoms with Crippen LogP contribution in [0.4, 0.5) is 11.4 Å². The number of sulfonamides is 1. The van der Waals surface area contributed by atoms with Gasteiger partial charge in [-0.05, 0) is 68.6 Å². The maximum absolute atomic E-state index is 12.9. The van der Waals surface area contributed by atoms with Gasteiger partial charge in [-0.15, -0.1) is 12.4 Å². The summed E-state index contributed by atoms with van der Waals surface area (Å²) in [4.78, 5) is 12.9. The summed E-state index contributed by atoms with van der Waals surface area (Å²) in [6.07, 6.45) is 5.85. The Kier molecular flexibility index (Phi) is 6.27. The van der Waals surface area contributed by atoms with Crippen molar-refractivity contribution in [2.75, 3.05) is 21.9 Å². The molecule has 0 spiro atoms. The molecule has 1 aromatic rings. The van der Waals surface area contributed by atoms with Crippen LogP contribution in [0.5, 0.6) is 0 Å². The Morgan fingerprint density at radius 2 is 1.86 bits per heavy atom. The first kappa shape index (κ1) is 21.4. The molecule has 1 heterocycles. The molecular formula is C20H30ClN3O3S. The van der Waals surface area contributed by atoms with Crippen LogP contribution in [0, 0.1) is 24.7 Å². The standard InChI is InChI=1S/C20H29N3O3S.ClH/c1-13-6-7-17(12-18(13)23-8-3-9-27(23,25)26)22-20(24)16-10-14-4-2-5-15(11-16)19(14)21;/h6-7,12,14-16,19H,2-5,8-11,21H2,1H3,(H,22,24);1H. The Balaban J connectivity index is 0.00000225. The lowest BCUT2D eigenvalue weighted by atomic mass is 9.65. The molecular weight excluding hydrogens is 398 g/mol. The molecule has 0 radical (unpaired) electrons. The highest BCUT2D eigenvalue weighted by atomic mass is 35.5. The number of halogens is 1. The van der Waals surface area contributed by atoms with Gasteiger partial charge in [0.15, 0.2) is 0 Å². The van der Waals surface area contributed by atoms with Gasteiger partial charge in [0.25, 0.3) is 0 Å². The van der Waals surface area contributed by atoms with Crippen LogP contribution in [0.25, 0.3) is 0 Å². The van der Waals surface area contributed by atoms with Crippen molar-refractivity contribution in [2.24, 2.45) is 23.5 Å².